The number of esters is 1. The molecule has 0 heterocycles. The lowest BCUT2D eigenvalue weighted by molar-refractivity contribution is -0.144. The molecular formula is C19H20O2. The molecule has 1 atom stereocenters. The van der Waals surface area contributed by atoms with Gasteiger partial charge in [-0.25, -0.2) is 0 Å². The summed E-state index contributed by atoms with van der Waals surface area (Å²) in [4.78, 5) is 11.8. The van der Waals surface area contributed by atoms with Gasteiger partial charge in [-0.2, -0.15) is 0 Å². The van der Waals surface area contributed by atoms with E-state index in [2.05, 4.69) is 55.5 Å². The largest absolute Gasteiger partial charge is 0.466 e. The maximum atomic E-state index is 11.8. The summed E-state index contributed by atoms with van der Waals surface area (Å²) in [6.45, 7) is 4.44. The molecule has 0 aromatic heterocycles. The number of rotatable bonds is 4. The maximum absolute atomic E-state index is 11.8. The molecule has 0 N–H and O–H groups in total. The maximum Gasteiger partial charge on any atom is 0.306 e. The van der Waals surface area contributed by atoms with E-state index in [0.29, 0.717) is 13.0 Å². The first kappa shape index (κ1) is 13.9. The molecule has 0 radical (unpaired) electrons. The Hall–Kier alpha value is -2.09. The SMILES string of the molecule is CCOC(=O)CC(C)C1c2ccccc2-c2ccccc21. The van der Waals surface area contributed by atoms with Gasteiger partial charge in [-0.05, 0) is 35.1 Å². The highest BCUT2D eigenvalue weighted by Gasteiger charge is 2.32. The van der Waals surface area contributed by atoms with Gasteiger partial charge in [-0.3, -0.25) is 4.79 Å². The number of hydrogen-bond donors (Lipinski definition) is 0. The van der Waals surface area contributed by atoms with Crippen LogP contribution in [-0.4, -0.2) is 12.6 Å². The number of carbonyl (C=O) groups excluding carboxylic acids is 1. The van der Waals surface area contributed by atoms with Crippen LogP contribution >= 0.6 is 0 Å². The minimum atomic E-state index is -0.105. The summed E-state index contributed by atoms with van der Waals surface area (Å²) >= 11 is 0. The number of benzene rings is 2. The number of hydrogen-bond acceptors (Lipinski definition) is 2. The van der Waals surface area contributed by atoms with Crippen molar-refractivity contribution in [3.8, 4) is 11.1 Å². The zero-order chi connectivity index (χ0) is 14.8. The van der Waals surface area contributed by atoms with E-state index in [-0.39, 0.29) is 17.8 Å². The van der Waals surface area contributed by atoms with E-state index in [9.17, 15) is 4.79 Å². The van der Waals surface area contributed by atoms with E-state index in [0.717, 1.165) is 0 Å². The summed E-state index contributed by atoms with van der Waals surface area (Å²) in [7, 11) is 0. The van der Waals surface area contributed by atoms with Gasteiger partial charge in [0.1, 0.15) is 0 Å². The molecule has 0 bridgehead atoms. The normalized spacial score (nSPS) is 14.4. The fourth-order valence-corrected chi connectivity index (χ4v) is 3.41. The van der Waals surface area contributed by atoms with Crippen molar-refractivity contribution in [1.29, 1.82) is 0 Å². The summed E-state index contributed by atoms with van der Waals surface area (Å²) in [5.41, 5.74) is 5.26. The Morgan fingerprint density at radius 1 is 1.05 bits per heavy atom. The Labute approximate surface area is 125 Å². The average molecular weight is 280 g/mol. The lowest BCUT2D eigenvalue weighted by atomic mass is 9.83. The predicted molar refractivity (Wildman–Crippen MR) is 84.1 cm³/mol. The molecule has 0 aliphatic heterocycles. The van der Waals surface area contributed by atoms with Gasteiger partial charge in [-0.1, -0.05) is 55.5 Å². The quantitative estimate of drug-likeness (QED) is 0.776. The van der Waals surface area contributed by atoms with E-state index in [1.165, 1.54) is 22.3 Å². The van der Waals surface area contributed by atoms with Crippen molar-refractivity contribution in [2.24, 2.45) is 5.92 Å². The summed E-state index contributed by atoms with van der Waals surface area (Å²) in [5, 5.41) is 0. The molecule has 2 heteroatoms. The van der Waals surface area contributed by atoms with Crippen molar-refractivity contribution < 1.29 is 9.53 Å². The van der Waals surface area contributed by atoms with Crippen LogP contribution in [-0.2, 0) is 9.53 Å². The second-order valence-corrected chi connectivity index (χ2v) is 5.64. The molecule has 0 spiro atoms. The molecular weight excluding hydrogens is 260 g/mol. The van der Waals surface area contributed by atoms with Gasteiger partial charge in [0.15, 0.2) is 0 Å². The van der Waals surface area contributed by atoms with Crippen molar-refractivity contribution >= 4 is 5.97 Å². The minimum Gasteiger partial charge on any atom is -0.466 e. The van der Waals surface area contributed by atoms with E-state index in [4.69, 9.17) is 4.74 Å². The standard InChI is InChI=1S/C19H20O2/c1-3-21-18(20)12-13(2)19-16-10-6-4-8-14(16)15-9-5-7-11-17(15)19/h4-11,13,19H,3,12H2,1-2H3. The first-order valence-electron chi connectivity index (χ1n) is 7.56. The number of fused-ring (bicyclic) bond motifs is 3. The monoisotopic (exact) mass is 280 g/mol. The average Bonchev–Trinajstić information content (AvgIpc) is 2.82. The third-order valence-electron chi connectivity index (χ3n) is 4.24. The van der Waals surface area contributed by atoms with Gasteiger partial charge < -0.3 is 4.74 Å². The van der Waals surface area contributed by atoms with Crippen LogP contribution < -0.4 is 0 Å². The van der Waals surface area contributed by atoms with Gasteiger partial charge in [0, 0.05) is 12.3 Å². The third kappa shape index (κ3) is 2.46. The summed E-state index contributed by atoms with van der Waals surface area (Å²) < 4.78 is 5.11. The molecule has 0 saturated heterocycles. The summed E-state index contributed by atoms with van der Waals surface area (Å²) in [5.74, 6) is 0.405. The zero-order valence-electron chi connectivity index (χ0n) is 12.5. The van der Waals surface area contributed by atoms with Gasteiger partial charge in [-0.15, -0.1) is 0 Å². The molecule has 1 unspecified atom stereocenters. The Bertz CT molecular complexity index is 615. The molecule has 1 aliphatic rings. The van der Waals surface area contributed by atoms with Crippen LogP contribution in [0.4, 0.5) is 0 Å². The zero-order valence-corrected chi connectivity index (χ0v) is 12.5. The molecule has 1 aliphatic carbocycles. The van der Waals surface area contributed by atoms with E-state index < -0.39 is 0 Å². The van der Waals surface area contributed by atoms with Gasteiger partial charge in [0.2, 0.25) is 0 Å². The smallest absolute Gasteiger partial charge is 0.306 e. The van der Waals surface area contributed by atoms with Crippen LogP contribution in [0.2, 0.25) is 0 Å². The predicted octanol–water partition coefficient (Wildman–Crippen LogP) is 4.39. The molecule has 21 heavy (non-hydrogen) atoms. The topological polar surface area (TPSA) is 26.3 Å². The molecule has 2 aromatic rings. The van der Waals surface area contributed by atoms with Crippen LogP contribution in [0.15, 0.2) is 48.5 Å². The van der Waals surface area contributed by atoms with E-state index in [1.807, 2.05) is 6.92 Å². The van der Waals surface area contributed by atoms with Crippen molar-refractivity contribution in [3.63, 3.8) is 0 Å². The first-order chi connectivity index (χ1) is 10.2. The van der Waals surface area contributed by atoms with Crippen molar-refractivity contribution in [1.82, 2.24) is 0 Å². The van der Waals surface area contributed by atoms with Gasteiger partial charge >= 0.3 is 5.97 Å². The Balaban J connectivity index is 1.97. The Kier molecular flexibility index (Phi) is 3.78. The van der Waals surface area contributed by atoms with Crippen molar-refractivity contribution in [3.05, 3.63) is 59.7 Å². The minimum absolute atomic E-state index is 0.105. The Morgan fingerprint density at radius 3 is 2.10 bits per heavy atom. The van der Waals surface area contributed by atoms with Crippen LogP contribution in [0.3, 0.4) is 0 Å². The lowest BCUT2D eigenvalue weighted by Crippen LogP contribution is -2.15. The lowest BCUT2D eigenvalue weighted by Gasteiger charge is -2.21. The second-order valence-electron chi connectivity index (χ2n) is 5.64. The fourth-order valence-electron chi connectivity index (χ4n) is 3.41. The summed E-state index contributed by atoms with van der Waals surface area (Å²) in [6, 6.07) is 17.0. The fraction of sp³-hybridized carbons (Fsp3) is 0.316. The molecule has 108 valence electrons. The molecule has 2 aromatic carbocycles. The van der Waals surface area contributed by atoms with Crippen molar-refractivity contribution in [2.45, 2.75) is 26.2 Å². The van der Waals surface area contributed by atoms with Gasteiger partial charge in [0.25, 0.3) is 0 Å². The molecule has 0 fully saturated rings. The highest BCUT2D eigenvalue weighted by molar-refractivity contribution is 5.79. The van der Waals surface area contributed by atoms with Crippen LogP contribution in [0.1, 0.15) is 37.3 Å². The molecule has 0 saturated carbocycles. The third-order valence-corrected chi connectivity index (χ3v) is 4.24. The Morgan fingerprint density at radius 2 is 1.57 bits per heavy atom. The highest BCUT2D eigenvalue weighted by Crippen LogP contribution is 2.48. The first-order valence-corrected chi connectivity index (χ1v) is 7.56. The van der Waals surface area contributed by atoms with Crippen LogP contribution in [0.5, 0.6) is 0 Å². The summed E-state index contributed by atoms with van der Waals surface area (Å²) in [6.07, 6.45) is 0.459. The van der Waals surface area contributed by atoms with Crippen molar-refractivity contribution in [2.75, 3.05) is 6.61 Å². The molecule has 3 rings (SSSR count). The van der Waals surface area contributed by atoms with E-state index >= 15 is 0 Å². The highest BCUT2D eigenvalue weighted by atomic mass is 16.5. The van der Waals surface area contributed by atoms with Gasteiger partial charge in [0.05, 0.1) is 6.61 Å². The number of carbonyl (C=O) groups is 1. The van der Waals surface area contributed by atoms with Crippen LogP contribution in [0, 0.1) is 5.92 Å². The second kappa shape index (κ2) is 5.72. The van der Waals surface area contributed by atoms with E-state index in [1.54, 1.807) is 0 Å². The molecule has 0 amide bonds. The number of ether oxygens (including phenoxy) is 1. The van der Waals surface area contributed by atoms with Crippen LogP contribution in [0.25, 0.3) is 11.1 Å². The molecule has 2 nitrogen and oxygen atoms in total.